The minimum atomic E-state index is -5.48. The first-order chi connectivity index (χ1) is 14.5. The van der Waals surface area contributed by atoms with E-state index in [-0.39, 0.29) is 18.9 Å². The van der Waals surface area contributed by atoms with Crippen LogP contribution in [0.3, 0.4) is 0 Å². The van der Waals surface area contributed by atoms with Gasteiger partial charge in [0.15, 0.2) is 11.5 Å². The van der Waals surface area contributed by atoms with Crippen molar-refractivity contribution in [2.45, 2.75) is 44.1 Å². The summed E-state index contributed by atoms with van der Waals surface area (Å²) in [5.74, 6) is -5.43. The van der Waals surface area contributed by atoms with Gasteiger partial charge in [-0.25, -0.2) is 0 Å². The molecule has 0 saturated heterocycles. The summed E-state index contributed by atoms with van der Waals surface area (Å²) in [6, 6.07) is 3.18. The highest BCUT2D eigenvalue weighted by molar-refractivity contribution is 5.91. The molecule has 0 bridgehead atoms. The van der Waals surface area contributed by atoms with Gasteiger partial charge in [0.05, 0.1) is 21.3 Å². The second-order valence-corrected chi connectivity index (χ2v) is 6.55. The first-order valence-electron chi connectivity index (χ1n) is 9.37. The fourth-order valence-electron chi connectivity index (χ4n) is 2.59. The molecule has 0 spiro atoms. The fourth-order valence-corrected chi connectivity index (χ4v) is 2.59. The normalized spacial score (nSPS) is 11.6. The molecule has 1 rings (SSSR count). The number of aliphatic hydroxyl groups is 2. The van der Waals surface area contributed by atoms with E-state index in [9.17, 15) is 22.8 Å². The van der Waals surface area contributed by atoms with E-state index in [1.54, 1.807) is 12.1 Å². The average Bonchev–Trinajstić information content (AvgIpc) is 2.70. The zero-order valence-electron chi connectivity index (χ0n) is 17.5. The Hall–Kier alpha value is -2.73. The number of methoxy groups -OCH3 is 3. The quantitative estimate of drug-likeness (QED) is 0.282. The molecule has 1 aromatic carbocycles. The van der Waals surface area contributed by atoms with Crippen molar-refractivity contribution < 1.29 is 47.2 Å². The number of unbranched alkanes of at least 4 members (excludes halogenated alkanes) is 3. The molecule has 4 N–H and O–H groups in total. The first-order valence-corrected chi connectivity index (χ1v) is 9.37. The molecule has 0 saturated carbocycles. The second kappa shape index (κ2) is 11.6. The topological polar surface area (TPSA) is 126 Å². The lowest BCUT2D eigenvalue weighted by Crippen LogP contribution is -2.57. The third-order valence-corrected chi connectivity index (χ3v) is 4.28. The summed E-state index contributed by atoms with van der Waals surface area (Å²) in [6.45, 7) is -0.157. The summed E-state index contributed by atoms with van der Waals surface area (Å²) in [5.41, 5.74) is 0.461. The van der Waals surface area contributed by atoms with Gasteiger partial charge in [0.1, 0.15) is 0 Å². The van der Waals surface area contributed by atoms with E-state index in [0.29, 0.717) is 48.6 Å². The number of ether oxygens (including phenoxy) is 3. The van der Waals surface area contributed by atoms with E-state index in [1.807, 2.05) is 5.32 Å². The number of benzene rings is 1. The minimum absolute atomic E-state index is 0.157. The molecule has 0 atom stereocenters. The highest BCUT2D eigenvalue weighted by Gasteiger charge is 2.58. The Morgan fingerprint density at radius 1 is 0.935 bits per heavy atom. The maximum Gasteiger partial charge on any atom is 0.453 e. The Kier molecular flexibility index (Phi) is 9.85. The van der Waals surface area contributed by atoms with Crippen molar-refractivity contribution in [3.05, 3.63) is 12.1 Å². The van der Waals surface area contributed by atoms with Crippen molar-refractivity contribution in [2.75, 3.05) is 33.2 Å². The third-order valence-electron chi connectivity index (χ3n) is 4.28. The molecule has 0 aliphatic carbocycles. The zero-order valence-corrected chi connectivity index (χ0v) is 17.5. The summed E-state index contributed by atoms with van der Waals surface area (Å²) in [7, 11) is 4.37. The highest BCUT2D eigenvalue weighted by Crippen LogP contribution is 2.40. The third kappa shape index (κ3) is 7.47. The smallest absolute Gasteiger partial charge is 0.453 e. The van der Waals surface area contributed by atoms with E-state index in [0.717, 1.165) is 0 Å². The van der Waals surface area contributed by atoms with Gasteiger partial charge in [-0.3, -0.25) is 9.59 Å². The molecule has 0 heterocycles. The standard InChI is InChI=1S/C19H27F3N2O7/c1-29-13-10-12(11-14(30-2)16(13)31-3)24-15(25)8-6-4-5-7-9-23-17(26)18(27,28)19(20,21)22/h10-11,27-28H,4-9H2,1-3H3,(H,23,26)(H,24,25). The van der Waals surface area contributed by atoms with Gasteiger partial charge in [0, 0.05) is 30.8 Å². The number of alkyl halides is 3. The molecule has 0 radical (unpaired) electrons. The van der Waals surface area contributed by atoms with Gasteiger partial charge in [-0.05, 0) is 12.8 Å². The Morgan fingerprint density at radius 3 is 1.97 bits per heavy atom. The number of halogens is 3. The van der Waals surface area contributed by atoms with Crippen LogP contribution in [0.2, 0.25) is 0 Å². The van der Waals surface area contributed by atoms with E-state index < -0.39 is 17.9 Å². The fraction of sp³-hybridized carbons (Fsp3) is 0.579. The van der Waals surface area contributed by atoms with Crippen molar-refractivity contribution in [1.82, 2.24) is 5.32 Å². The summed E-state index contributed by atoms with van der Waals surface area (Å²) < 4.78 is 52.5. The Bertz CT molecular complexity index is 730. The number of nitrogens with one attached hydrogen (secondary N) is 2. The molecule has 0 aliphatic rings. The average molecular weight is 452 g/mol. The molecule has 0 aromatic heterocycles. The number of hydrogen-bond acceptors (Lipinski definition) is 7. The van der Waals surface area contributed by atoms with Crippen LogP contribution in [-0.2, 0) is 9.59 Å². The van der Waals surface area contributed by atoms with Crippen LogP contribution < -0.4 is 24.8 Å². The van der Waals surface area contributed by atoms with Crippen LogP contribution in [0, 0.1) is 0 Å². The molecular formula is C19H27F3N2O7. The van der Waals surface area contributed by atoms with E-state index in [4.69, 9.17) is 24.4 Å². The molecule has 0 fully saturated rings. The van der Waals surface area contributed by atoms with Gasteiger partial charge in [-0.1, -0.05) is 12.8 Å². The van der Waals surface area contributed by atoms with Gasteiger partial charge < -0.3 is 35.1 Å². The number of amides is 2. The molecule has 176 valence electrons. The van der Waals surface area contributed by atoms with Crippen LogP contribution in [0.1, 0.15) is 32.1 Å². The van der Waals surface area contributed by atoms with Crippen molar-refractivity contribution in [1.29, 1.82) is 0 Å². The molecule has 0 aliphatic heterocycles. The van der Waals surface area contributed by atoms with E-state index >= 15 is 0 Å². The lowest BCUT2D eigenvalue weighted by Gasteiger charge is -2.22. The Labute approximate surface area is 177 Å². The SMILES string of the molecule is COc1cc(NC(=O)CCCCCCNC(=O)C(O)(O)C(F)(F)F)cc(OC)c1OC. The number of carbonyl (C=O) groups excluding carboxylic acids is 2. The number of rotatable bonds is 12. The van der Waals surface area contributed by atoms with Crippen molar-refractivity contribution >= 4 is 17.5 Å². The summed E-state index contributed by atoms with van der Waals surface area (Å²) in [4.78, 5) is 23.3. The molecule has 0 unspecified atom stereocenters. The summed E-state index contributed by atoms with van der Waals surface area (Å²) in [6.07, 6.45) is -3.35. The summed E-state index contributed by atoms with van der Waals surface area (Å²) >= 11 is 0. The number of anilines is 1. The maximum atomic E-state index is 12.3. The molecular weight excluding hydrogens is 425 g/mol. The molecule has 31 heavy (non-hydrogen) atoms. The van der Waals surface area contributed by atoms with Gasteiger partial charge in [0.25, 0.3) is 5.91 Å². The van der Waals surface area contributed by atoms with E-state index in [1.165, 1.54) is 21.3 Å². The largest absolute Gasteiger partial charge is 0.493 e. The maximum absolute atomic E-state index is 12.3. The van der Waals surface area contributed by atoms with Gasteiger partial charge in [0.2, 0.25) is 11.7 Å². The van der Waals surface area contributed by atoms with E-state index in [2.05, 4.69) is 5.32 Å². The molecule has 12 heteroatoms. The predicted molar refractivity (Wildman–Crippen MR) is 104 cm³/mol. The monoisotopic (exact) mass is 452 g/mol. The van der Waals surface area contributed by atoms with Gasteiger partial charge in [-0.2, -0.15) is 13.2 Å². The Morgan fingerprint density at radius 2 is 1.48 bits per heavy atom. The zero-order chi connectivity index (χ0) is 23.7. The van der Waals surface area contributed by atoms with Crippen molar-refractivity contribution in [3.63, 3.8) is 0 Å². The number of carbonyl (C=O) groups is 2. The number of hydrogen-bond donors (Lipinski definition) is 4. The van der Waals surface area contributed by atoms with Gasteiger partial charge in [-0.15, -0.1) is 0 Å². The van der Waals surface area contributed by atoms with Crippen molar-refractivity contribution in [3.8, 4) is 17.2 Å². The molecule has 9 nitrogen and oxygen atoms in total. The summed E-state index contributed by atoms with van der Waals surface area (Å²) in [5, 5.41) is 22.1. The Balaban J connectivity index is 2.35. The van der Waals surface area contributed by atoms with Crippen LogP contribution in [-0.4, -0.2) is 61.9 Å². The lowest BCUT2D eigenvalue weighted by atomic mass is 10.1. The van der Waals surface area contributed by atoms with Crippen LogP contribution in [0.4, 0.5) is 18.9 Å². The molecule has 1 aromatic rings. The van der Waals surface area contributed by atoms with Gasteiger partial charge >= 0.3 is 12.0 Å². The van der Waals surface area contributed by atoms with Crippen LogP contribution >= 0.6 is 0 Å². The van der Waals surface area contributed by atoms with Crippen LogP contribution in [0.5, 0.6) is 17.2 Å². The molecule has 2 amide bonds. The van der Waals surface area contributed by atoms with Crippen LogP contribution in [0.25, 0.3) is 0 Å². The highest BCUT2D eigenvalue weighted by atomic mass is 19.4. The van der Waals surface area contributed by atoms with Crippen molar-refractivity contribution in [2.24, 2.45) is 0 Å². The lowest BCUT2D eigenvalue weighted by molar-refractivity contribution is -0.328. The van der Waals surface area contributed by atoms with Crippen LogP contribution in [0.15, 0.2) is 12.1 Å². The second-order valence-electron chi connectivity index (χ2n) is 6.55. The minimum Gasteiger partial charge on any atom is -0.493 e. The predicted octanol–water partition coefficient (Wildman–Crippen LogP) is 1.96. The first kappa shape index (κ1) is 26.3.